The maximum absolute atomic E-state index is 12.6. The second-order valence-electron chi connectivity index (χ2n) is 7.42. The highest BCUT2D eigenvalue weighted by Crippen LogP contribution is 2.39. The molecule has 2 saturated heterocycles. The number of nitrogens with zero attached hydrogens (tertiary/aromatic N) is 2. The summed E-state index contributed by atoms with van der Waals surface area (Å²) in [5.74, 6) is 0. The first kappa shape index (κ1) is 18.7. The summed E-state index contributed by atoms with van der Waals surface area (Å²) in [7, 11) is 0. The van der Waals surface area contributed by atoms with Crippen molar-refractivity contribution in [3.63, 3.8) is 0 Å². The SMILES string of the molecule is O=C(Nc1ccccc1Cl)N(S)C1CC2CCC(C1)N2Cc1ccccc1. The van der Waals surface area contributed by atoms with E-state index >= 15 is 0 Å². The molecule has 2 aromatic carbocycles. The average Bonchev–Trinajstić information content (AvgIpc) is 2.91. The minimum absolute atomic E-state index is 0.139. The molecule has 0 aromatic heterocycles. The molecule has 6 heteroatoms. The number of halogens is 1. The Labute approximate surface area is 171 Å². The van der Waals surface area contributed by atoms with Crippen molar-refractivity contribution in [2.75, 3.05) is 5.32 Å². The summed E-state index contributed by atoms with van der Waals surface area (Å²) in [6.07, 6.45) is 4.31. The Morgan fingerprint density at radius 2 is 1.70 bits per heavy atom. The van der Waals surface area contributed by atoms with E-state index in [0.717, 1.165) is 19.4 Å². The van der Waals surface area contributed by atoms with Crippen molar-refractivity contribution < 1.29 is 4.79 Å². The van der Waals surface area contributed by atoms with Gasteiger partial charge in [0.2, 0.25) is 0 Å². The van der Waals surface area contributed by atoms with Crippen LogP contribution in [0.4, 0.5) is 10.5 Å². The number of piperidine rings is 1. The number of carbonyl (C=O) groups excluding carboxylic acids is 1. The van der Waals surface area contributed by atoms with Crippen molar-refractivity contribution in [2.24, 2.45) is 0 Å². The normalized spacial score (nSPS) is 24.6. The molecule has 2 bridgehead atoms. The molecular weight excluding hydrogens is 378 g/mol. The van der Waals surface area contributed by atoms with E-state index in [9.17, 15) is 4.79 Å². The molecule has 0 radical (unpaired) electrons. The van der Waals surface area contributed by atoms with E-state index in [4.69, 9.17) is 11.6 Å². The first-order valence-electron chi connectivity index (χ1n) is 9.45. The van der Waals surface area contributed by atoms with Crippen LogP contribution in [0.1, 0.15) is 31.2 Å². The molecule has 4 nitrogen and oxygen atoms in total. The summed E-state index contributed by atoms with van der Waals surface area (Å²) >= 11 is 10.7. The molecule has 27 heavy (non-hydrogen) atoms. The molecule has 0 saturated carbocycles. The second kappa shape index (κ2) is 8.13. The van der Waals surface area contributed by atoms with Crippen molar-refractivity contribution >= 4 is 36.1 Å². The Morgan fingerprint density at radius 3 is 2.37 bits per heavy atom. The van der Waals surface area contributed by atoms with Crippen LogP contribution in [0.5, 0.6) is 0 Å². The van der Waals surface area contributed by atoms with Crippen LogP contribution in [-0.2, 0) is 6.54 Å². The third-order valence-electron chi connectivity index (χ3n) is 5.74. The predicted molar refractivity (Wildman–Crippen MR) is 113 cm³/mol. The Bertz CT molecular complexity index is 789. The number of thiol groups is 1. The van der Waals surface area contributed by atoms with Gasteiger partial charge in [-0.05, 0) is 43.4 Å². The number of urea groups is 1. The van der Waals surface area contributed by atoms with E-state index < -0.39 is 0 Å². The first-order valence-corrected chi connectivity index (χ1v) is 10.2. The quantitative estimate of drug-likeness (QED) is 0.689. The highest BCUT2D eigenvalue weighted by atomic mass is 35.5. The molecule has 2 atom stereocenters. The van der Waals surface area contributed by atoms with Gasteiger partial charge < -0.3 is 5.32 Å². The predicted octanol–water partition coefficient (Wildman–Crippen LogP) is 5.21. The van der Waals surface area contributed by atoms with Crippen molar-refractivity contribution in [1.82, 2.24) is 9.21 Å². The van der Waals surface area contributed by atoms with Crippen LogP contribution < -0.4 is 5.32 Å². The van der Waals surface area contributed by atoms with Gasteiger partial charge in [-0.25, -0.2) is 4.79 Å². The molecule has 1 N–H and O–H groups in total. The highest BCUT2D eigenvalue weighted by Gasteiger charge is 2.42. The largest absolute Gasteiger partial charge is 0.331 e. The van der Waals surface area contributed by atoms with E-state index in [0.29, 0.717) is 22.8 Å². The molecule has 2 fully saturated rings. The Hall–Kier alpha value is -1.69. The minimum atomic E-state index is -0.215. The lowest BCUT2D eigenvalue weighted by atomic mass is 9.96. The number of para-hydroxylation sites is 1. The topological polar surface area (TPSA) is 35.6 Å². The second-order valence-corrected chi connectivity index (χ2v) is 8.26. The van der Waals surface area contributed by atoms with Crippen LogP contribution in [-0.4, -0.2) is 33.4 Å². The Balaban J connectivity index is 1.39. The lowest BCUT2D eigenvalue weighted by Crippen LogP contribution is -2.49. The molecule has 2 amide bonds. The van der Waals surface area contributed by atoms with E-state index in [-0.39, 0.29) is 12.1 Å². The smallest absolute Gasteiger partial charge is 0.306 e. The first-order chi connectivity index (χ1) is 13.1. The summed E-state index contributed by atoms with van der Waals surface area (Å²) in [6, 6.07) is 18.8. The van der Waals surface area contributed by atoms with Crippen LogP contribution in [0.15, 0.2) is 54.6 Å². The summed E-state index contributed by atoms with van der Waals surface area (Å²) in [4.78, 5) is 15.2. The summed E-state index contributed by atoms with van der Waals surface area (Å²) in [6.45, 7) is 0.987. The monoisotopic (exact) mass is 401 g/mol. The standard InChI is InChI=1S/C21H24ClN3OS/c22-19-8-4-5-9-20(19)23-21(26)25(27)18-12-16-10-11-17(13-18)24(16)14-15-6-2-1-3-7-15/h1-9,16-18,27H,10-14H2,(H,23,26). The van der Waals surface area contributed by atoms with Gasteiger partial charge in [0.15, 0.2) is 0 Å². The lowest BCUT2D eigenvalue weighted by molar-refractivity contribution is 0.0953. The minimum Gasteiger partial charge on any atom is -0.306 e. The number of carbonyl (C=O) groups is 1. The van der Waals surface area contributed by atoms with Gasteiger partial charge in [0.05, 0.1) is 10.7 Å². The van der Waals surface area contributed by atoms with Gasteiger partial charge in [-0.15, -0.1) is 0 Å². The van der Waals surface area contributed by atoms with Crippen LogP contribution in [0.2, 0.25) is 5.02 Å². The van der Waals surface area contributed by atoms with E-state index in [1.165, 1.54) is 18.4 Å². The summed E-state index contributed by atoms with van der Waals surface area (Å²) < 4.78 is 1.56. The lowest BCUT2D eigenvalue weighted by Gasteiger charge is -2.41. The zero-order valence-corrected chi connectivity index (χ0v) is 16.7. The zero-order valence-electron chi connectivity index (χ0n) is 15.1. The summed E-state index contributed by atoms with van der Waals surface area (Å²) in [5, 5.41) is 3.41. The highest BCUT2D eigenvalue weighted by molar-refractivity contribution is 7.78. The number of benzene rings is 2. The van der Waals surface area contributed by atoms with Crippen LogP contribution in [0.25, 0.3) is 0 Å². The number of hydrogen-bond acceptors (Lipinski definition) is 3. The number of rotatable bonds is 4. The molecule has 2 heterocycles. The molecule has 2 aliphatic rings. The van der Waals surface area contributed by atoms with Gasteiger partial charge in [-0.1, -0.05) is 66.9 Å². The zero-order chi connectivity index (χ0) is 18.8. The summed E-state index contributed by atoms with van der Waals surface area (Å²) in [5.41, 5.74) is 1.97. The fraction of sp³-hybridized carbons (Fsp3) is 0.381. The number of nitrogens with one attached hydrogen (secondary N) is 1. The van der Waals surface area contributed by atoms with Crippen molar-refractivity contribution in [2.45, 2.75) is 50.4 Å². The molecule has 4 rings (SSSR count). The molecule has 0 spiro atoms. The van der Waals surface area contributed by atoms with Gasteiger partial charge in [-0.2, -0.15) is 0 Å². The Kier molecular flexibility index (Phi) is 5.62. The number of hydrogen-bond donors (Lipinski definition) is 2. The maximum Gasteiger partial charge on any atom is 0.331 e. The molecule has 0 aliphatic carbocycles. The Morgan fingerprint density at radius 1 is 1.07 bits per heavy atom. The third kappa shape index (κ3) is 4.10. The number of anilines is 1. The molecule has 2 unspecified atom stereocenters. The third-order valence-corrected chi connectivity index (χ3v) is 6.57. The van der Waals surface area contributed by atoms with Crippen LogP contribution >= 0.6 is 24.4 Å². The number of amides is 2. The van der Waals surface area contributed by atoms with E-state index in [1.54, 1.807) is 16.4 Å². The van der Waals surface area contributed by atoms with Crippen molar-refractivity contribution in [3.8, 4) is 0 Å². The van der Waals surface area contributed by atoms with Gasteiger partial charge in [0.25, 0.3) is 0 Å². The van der Waals surface area contributed by atoms with Gasteiger partial charge in [-0.3, -0.25) is 9.21 Å². The van der Waals surface area contributed by atoms with Crippen LogP contribution in [0, 0.1) is 0 Å². The fourth-order valence-corrected chi connectivity index (χ4v) is 4.82. The molecule has 142 valence electrons. The van der Waals surface area contributed by atoms with E-state index in [1.807, 2.05) is 12.1 Å². The average molecular weight is 402 g/mol. The van der Waals surface area contributed by atoms with Crippen LogP contribution in [0.3, 0.4) is 0 Å². The molecule has 2 aliphatic heterocycles. The molecular formula is C21H24ClN3OS. The fourth-order valence-electron chi connectivity index (χ4n) is 4.40. The molecule has 2 aromatic rings. The maximum atomic E-state index is 12.6. The van der Waals surface area contributed by atoms with Gasteiger partial charge >= 0.3 is 6.03 Å². The van der Waals surface area contributed by atoms with E-state index in [2.05, 4.69) is 53.4 Å². The van der Waals surface area contributed by atoms with Gasteiger partial charge in [0.1, 0.15) is 0 Å². The van der Waals surface area contributed by atoms with Crippen molar-refractivity contribution in [3.05, 3.63) is 65.2 Å². The number of fused-ring (bicyclic) bond motifs is 2. The van der Waals surface area contributed by atoms with Crippen molar-refractivity contribution in [1.29, 1.82) is 0 Å². The van der Waals surface area contributed by atoms with Gasteiger partial charge in [0, 0.05) is 24.7 Å².